The molecule has 0 amide bonds. The van der Waals surface area contributed by atoms with Gasteiger partial charge in [-0.3, -0.25) is 0 Å². The predicted octanol–water partition coefficient (Wildman–Crippen LogP) is 1.71. The maximum Gasteiger partial charge on any atom is 0.310 e. The summed E-state index contributed by atoms with van der Waals surface area (Å²) in [5.74, 6) is 1.14. The van der Waals surface area contributed by atoms with Crippen LogP contribution in [0, 0.1) is 0 Å². The summed E-state index contributed by atoms with van der Waals surface area (Å²) in [6, 6.07) is 6.54. The number of aromatic nitrogens is 1. The lowest BCUT2D eigenvalue weighted by Gasteiger charge is -2.35. The highest BCUT2D eigenvalue weighted by Crippen LogP contribution is 2.29. The second kappa shape index (κ2) is 9.72. The normalized spacial score (nSPS) is 15.3. The molecule has 2 aromatic rings. The highest BCUT2D eigenvalue weighted by molar-refractivity contribution is 9.10. The molecule has 0 spiro atoms. The van der Waals surface area contributed by atoms with E-state index in [1.165, 1.54) is 12.0 Å². The molecule has 1 aromatic carbocycles. The van der Waals surface area contributed by atoms with Crippen molar-refractivity contribution in [3.63, 3.8) is 0 Å². The molecule has 27 heavy (non-hydrogen) atoms. The van der Waals surface area contributed by atoms with Crippen LogP contribution >= 0.6 is 27.9 Å². The maximum atomic E-state index is 5.51. The van der Waals surface area contributed by atoms with Gasteiger partial charge in [0, 0.05) is 54.3 Å². The van der Waals surface area contributed by atoms with Crippen LogP contribution in [0.1, 0.15) is 0 Å². The van der Waals surface area contributed by atoms with E-state index in [4.69, 9.17) is 10.2 Å². The molecule has 7 nitrogen and oxygen atoms in total. The molecule has 0 aliphatic carbocycles. The van der Waals surface area contributed by atoms with Crippen LogP contribution in [0.15, 0.2) is 33.4 Å². The van der Waals surface area contributed by atoms with Crippen LogP contribution in [0.4, 0.5) is 17.4 Å². The van der Waals surface area contributed by atoms with E-state index in [9.17, 15) is 0 Å². The van der Waals surface area contributed by atoms with Gasteiger partial charge in [-0.25, -0.2) is 9.29 Å². The third-order valence-electron chi connectivity index (χ3n) is 4.28. The molecular weight excluding hydrogens is 427 g/mol. The number of hydrogen-bond acceptors (Lipinski definition) is 8. The third kappa shape index (κ3) is 6.07. The Balaban J connectivity index is 1.53. The Morgan fingerprint density at radius 1 is 1.33 bits per heavy atom. The molecule has 1 aromatic heterocycles. The Morgan fingerprint density at radius 2 is 2.11 bits per heavy atom. The first kappa shape index (κ1) is 20.4. The minimum absolute atomic E-state index is 0.164. The van der Waals surface area contributed by atoms with Crippen molar-refractivity contribution in [2.45, 2.75) is 0 Å². The molecule has 1 radical (unpaired) electrons. The van der Waals surface area contributed by atoms with E-state index in [0.29, 0.717) is 5.59 Å². The molecule has 1 aliphatic heterocycles. The summed E-state index contributed by atoms with van der Waals surface area (Å²) < 4.78 is 8.49. The molecule has 10 heteroatoms. The number of nitrogens with two attached hydrogens (primary N) is 1. The number of piperazine rings is 1. The second-order valence-electron chi connectivity index (χ2n) is 6.62. The predicted molar refractivity (Wildman–Crippen MR) is 119 cm³/mol. The van der Waals surface area contributed by atoms with Crippen molar-refractivity contribution in [1.29, 1.82) is 0 Å². The van der Waals surface area contributed by atoms with Gasteiger partial charge in [-0.15, -0.1) is 0 Å². The van der Waals surface area contributed by atoms with Gasteiger partial charge in [0.15, 0.2) is 0 Å². The van der Waals surface area contributed by atoms with E-state index in [0.717, 1.165) is 48.6 Å². The number of rotatable bonds is 8. The van der Waals surface area contributed by atoms with Gasteiger partial charge in [0.05, 0.1) is 5.59 Å². The summed E-state index contributed by atoms with van der Waals surface area (Å²) in [7, 11) is 6.02. The summed E-state index contributed by atoms with van der Waals surface area (Å²) in [5.41, 5.74) is 8.36. The maximum absolute atomic E-state index is 5.51. The molecule has 1 fully saturated rings. The number of nitrogens with zero attached hydrogens (tertiary/aromatic N) is 4. The van der Waals surface area contributed by atoms with Crippen molar-refractivity contribution >= 4 is 58.3 Å². The SMILES string of the molecule is CN(C)CCSN1CCN(c2ccc(Br)c(N[B]c3coc(N)n3)c2)CC1. The minimum atomic E-state index is 0.164. The Hall–Kier alpha value is -1.36. The van der Waals surface area contributed by atoms with Crippen molar-refractivity contribution in [3.05, 3.63) is 28.9 Å². The van der Waals surface area contributed by atoms with E-state index in [2.05, 4.69) is 72.5 Å². The topological polar surface area (TPSA) is 73.8 Å². The Morgan fingerprint density at radius 3 is 2.78 bits per heavy atom. The van der Waals surface area contributed by atoms with E-state index in [-0.39, 0.29) is 6.01 Å². The highest BCUT2D eigenvalue weighted by atomic mass is 79.9. The molecule has 0 bridgehead atoms. The van der Waals surface area contributed by atoms with Crippen LogP contribution in [-0.4, -0.2) is 74.2 Å². The van der Waals surface area contributed by atoms with E-state index in [1.807, 2.05) is 11.9 Å². The van der Waals surface area contributed by atoms with E-state index in [1.54, 1.807) is 7.41 Å². The lowest BCUT2D eigenvalue weighted by atomic mass is 9.89. The number of oxazole rings is 1. The highest BCUT2D eigenvalue weighted by Gasteiger charge is 2.18. The van der Waals surface area contributed by atoms with Crippen LogP contribution < -0.4 is 21.5 Å². The second-order valence-corrected chi connectivity index (χ2v) is 8.65. The third-order valence-corrected chi connectivity index (χ3v) is 6.07. The zero-order chi connectivity index (χ0) is 19.2. The molecule has 1 aliphatic rings. The van der Waals surface area contributed by atoms with Gasteiger partial charge in [0.2, 0.25) is 0 Å². The summed E-state index contributed by atoms with van der Waals surface area (Å²) in [6.45, 7) is 5.31. The van der Waals surface area contributed by atoms with Gasteiger partial charge in [0.25, 0.3) is 6.01 Å². The zero-order valence-electron chi connectivity index (χ0n) is 15.7. The first-order chi connectivity index (χ1) is 13.0. The van der Waals surface area contributed by atoms with Crippen molar-refractivity contribution < 1.29 is 4.42 Å². The van der Waals surface area contributed by atoms with Gasteiger partial charge < -0.3 is 25.2 Å². The van der Waals surface area contributed by atoms with Crippen LogP contribution in [0.25, 0.3) is 0 Å². The van der Waals surface area contributed by atoms with Gasteiger partial charge in [-0.05, 0) is 48.2 Å². The summed E-state index contributed by atoms with van der Waals surface area (Å²) in [4.78, 5) is 8.72. The molecule has 3 rings (SSSR count). The lowest BCUT2D eigenvalue weighted by molar-refractivity contribution is 0.417. The first-order valence-electron chi connectivity index (χ1n) is 8.89. The fraction of sp³-hybridized carbons (Fsp3) is 0.471. The van der Waals surface area contributed by atoms with E-state index >= 15 is 0 Å². The molecule has 0 unspecified atom stereocenters. The number of nitrogen functional groups attached to an aromatic ring is 1. The number of nitrogens with one attached hydrogen (secondary N) is 1. The van der Waals surface area contributed by atoms with Gasteiger partial charge >= 0.3 is 7.41 Å². The molecule has 1 saturated heterocycles. The molecular formula is C17H25BBrN6OS. The lowest BCUT2D eigenvalue weighted by Crippen LogP contribution is -2.43. The molecule has 0 atom stereocenters. The van der Waals surface area contributed by atoms with Crippen molar-refractivity contribution in [2.75, 3.05) is 68.4 Å². The number of hydrogen-bond donors (Lipinski definition) is 2. The fourth-order valence-electron chi connectivity index (χ4n) is 2.77. The van der Waals surface area contributed by atoms with Crippen LogP contribution in [0.3, 0.4) is 0 Å². The molecule has 0 saturated carbocycles. The number of anilines is 3. The molecule has 145 valence electrons. The molecule has 3 N–H and O–H groups in total. The van der Waals surface area contributed by atoms with Gasteiger partial charge in [-0.1, -0.05) is 11.9 Å². The zero-order valence-corrected chi connectivity index (χ0v) is 18.1. The van der Waals surface area contributed by atoms with Crippen molar-refractivity contribution in [2.24, 2.45) is 0 Å². The number of halogens is 1. The average molecular weight is 452 g/mol. The summed E-state index contributed by atoms with van der Waals surface area (Å²) >= 11 is 5.55. The van der Waals surface area contributed by atoms with Crippen LogP contribution in [0.5, 0.6) is 0 Å². The monoisotopic (exact) mass is 451 g/mol. The average Bonchev–Trinajstić information content (AvgIpc) is 3.07. The first-order valence-corrected chi connectivity index (χ1v) is 10.6. The summed E-state index contributed by atoms with van der Waals surface area (Å²) in [5, 5.41) is 3.27. The van der Waals surface area contributed by atoms with Gasteiger partial charge in [-0.2, -0.15) is 0 Å². The van der Waals surface area contributed by atoms with Gasteiger partial charge in [0.1, 0.15) is 6.26 Å². The minimum Gasteiger partial charge on any atom is -0.433 e. The van der Waals surface area contributed by atoms with Crippen molar-refractivity contribution in [1.82, 2.24) is 14.2 Å². The standard InChI is InChI=1S/C17H25BBrN6OS/c1-23(2)9-10-27-25-7-5-24(6-8-25)13-3-4-14(19)15(11-13)22-18-16-12-26-17(20)21-16/h3-4,11-12,22H,5-10H2,1-2H3,(H2,20,21). The Bertz CT molecular complexity index is 738. The Kier molecular flexibility index (Phi) is 7.34. The van der Waals surface area contributed by atoms with E-state index < -0.39 is 0 Å². The summed E-state index contributed by atoms with van der Waals surface area (Å²) in [6.07, 6.45) is 1.52. The van der Waals surface area contributed by atoms with Crippen LogP contribution in [0.2, 0.25) is 0 Å². The smallest absolute Gasteiger partial charge is 0.310 e. The van der Waals surface area contributed by atoms with Crippen molar-refractivity contribution in [3.8, 4) is 0 Å². The fourth-order valence-corrected chi connectivity index (χ4v) is 4.25. The quantitative estimate of drug-likeness (QED) is 0.464. The molecule has 2 heterocycles. The van der Waals surface area contributed by atoms with Crippen LogP contribution in [-0.2, 0) is 0 Å². The Labute approximate surface area is 174 Å². The number of benzene rings is 1. The largest absolute Gasteiger partial charge is 0.433 e.